The van der Waals surface area contributed by atoms with Gasteiger partial charge in [-0.3, -0.25) is 4.98 Å². The molecule has 0 bridgehead atoms. The van der Waals surface area contributed by atoms with Crippen molar-refractivity contribution >= 4 is 16.6 Å². The van der Waals surface area contributed by atoms with E-state index >= 15 is 0 Å². The van der Waals surface area contributed by atoms with Crippen molar-refractivity contribution in [3.63, 3.8) is 0 Å². The number of nitrogens with two attached hydrogens (primary N) is 1. The minimum absolute atomic E-state index is 0.777. The highest BCUT2D eigenvalue weighted by molar-refractivity contribution is 5.91. The van der Waals surface area contributed by atoms with Crippen LogP contribution in [0.1, 0.15) is 12.6 Å². The van der Waals surface area contributed by atoms with Gasteiger partial charge in [-0.2, -0.15) is 0 Å². The average molecular weight is 202 g/mol. The molecule has 3 heteroatoms. The van der Waals surface area contributed by atoms with Gasteiger partial charge >= 0.3 is 0 Å². The largest absolute Gasteiger partial charge is 0.497 e. The zero-order chi connectivity index (χ0) is 10.8. The smallest absolute Gasteiger partial charge is 0.121 e. The maximum atomic E-state index is 5.94. The molecule has 78 valence electrons. The SMILES string of the molecule is CCc1cc(N)c2ccc(OC)cc2n1. The molecule has 0 amide bonds. The summed E-state index contributed by atoms with van der Waals surface area (Å²) in [6, 6.07) is 7.67. The number of fused-ring (bicyclic) bond motifs is 1. The van der Waals surface area contributed by atoms with Crippen molar-refractivity contribution in [2.75, 3.05) is 12.8 Å². The summed E-state index contributed by atoms with van der Waals surface area (Å²) in [5.74, 6) is 0.808. The van der Waals surface area contributed by atoms with Gasteiger partial charge in [-0.25, -0.2) is 0 Å². The van der Waals surface area contributed by atoms with Crippen LogP contribution < -0.4 is 10.5 Å². The molecule has 1 aromatic heterocycles. The molecular weight excluding hydrogens is 188 g/mol. The van der Waals surface area contributed by atoms with Gasteiger partial charge in [-0.05, 0) is 24.6 Å². The highest BCUT2D eigenvalue weighted by atomic mass is 16.5. The summed E-state index contributed by atoms with van der Waals surface area (Å²) in [7, 11) is 1.65. The molecule has 2 N–H and O–H groups in total. The molecule has 0 fully saturated rings. The third kappa shape index (κ3) is 1.73. The van der Waals surface area contributed by atoms with Crippen LogP contribution in [0.2, 0.25) is 0 Å². The fourth-order valence-corrected chi connectivity index (χ4v) is 1.60. The van der Waals surface area contributed by atoms with Gasteiger partial charge in [-0.1, -0.05) is 6.92 Å². The molecule has 0 aliphatic rings. The first-order valence-electron chi connectivity index (χ1n) is 4.97. The summed E-state index contributed by atoms with van der Waals surface area (Å²) in [6.45, 7) is 2.06. The second kappa shape index (κ2) is 3.77. The van der Waals surface area contributed by atoms with Crippen LogP contribution in [0.3, 0.4) is 0 Å². The molecular formula is C12H14N2O. The number of rotatable bonds is 2. The Kier molecular flexibility index (Phi) is 2.46. The first kappa shape index (κ1) is 9.77. The Morgan fingerprint density at radius 3 is 2.80 bits per heavy atom. The van der Waals surface area contributed by atoms with Crippen molar-refractivity contribution in [3.8, 4) is 5.75 Å². The number of ether oxygens (including phenoxy) is 1. The lowest BCUT2D eigenvalue weighted by atomic mass is 10.1. The summed E-state index contributed by atoms with van der Waals surface area (Å²) in [6.07, 6.45) is 0.886. The van der Waals surface area contributed by atoms with E-state index in [4.69, 9.17) is 10.5 Å². The van der Waals surface area contributed by atoms with Crippen LogP contribution in [-0.2, 0) is 6.42 Å². The highest BCUT2D eigenvalue weighted by Crippen LogP contribution is 2.24. The molecule has 3 nitrogen and oxygen atoms in total. The normalized spacial score (nSPS) is 10.5. The molecule has 2 rings (SSSR count). The number of aromatic nitrogens is 1. The van der Waals surface area contributed by atoms with Crippen molar-refractivity contribution in [2.24, 2.45) is 0 Å². The number of nitrogen functional groups attached to an aromatic ring is 1. The Hall–Kier alpha value is -1.77. The first-order chi connectivity index (χ1) is 7.24. The Morgan fingerprint density at radius 2 is 2.13 bits per heavy atom. The minimum atomic E-state index is 0.777. The van der Waals surface area contributed by atoms with Crippen molar-refractivity contribution in [3.05, 3.63) is 30.0 Å². The average Bonchev–Trinajstić information content (AvgIpc) is 2.28. The van der Waals surface area contributed by atoms with Crippen molar-refractivity contribution < 1.29 is 4.74 Å². The van der Waals surface area contributed by atoms with E-state index in [-0.39, 0.29) is 0 Å². The standard InChI is InChI=1S/C12H14N2O/c1-3-8-6-11(13)10-5-4-9(15-2)7-12(10)14-8/h4-7H,3H2,1-2H3,(H2,13,14). The molecule has 15 heavy (non-hydrogen) atoms. The van der Waals surface area contributed by atoms with Gasteiger partial charge in [0.05, 0.1) is 12.6 Å². The van der Waals surface area contributed by atoms with E-state index in [2.05, 4.69) is 11.9 Å². The summed E-state index contributed by atoms with van der Waals surface area (Å²) >= 11 is 0. The number of nitrogens with zero attached hydrogens (tertiary/aromatic N) is 1. The molecule has 1 heterocycles. The number of hydrogen-bond acceptors (Lipinski definition) is 3. The number of aryl methyl sites for hydroxylation is 1. The van der Waals surface area contributed by atoms with Crippen LogP contribution in [0.4, 0.5) is 5.69 Å². The van der Waals surface area contributed by atoms with E-state index in [1.807, 2.05) is 24.3 Å². The number of hydrogen-bond donors (Lipinski definition) is 1. The summed E-state index contributed by atoms with van der Waals surface area (Å²) < 4.78 is 5.15. The second-order valence-electron chi connectivity index (χ2n) is 3.44. The van der Waals surface area contributed by atoms with Crippen molar-refractivity contribution in [1.82, 2.24) is 4.98 Å². The Labute approximate surface area is 88.9 Å². The lowest BCUT2D eigenvalue weighted by molar-refractivity contribution is 0.415. The van der Waals surface area contributed by atoms with Crippen LogP contribution in [0.25, 0.3) is 10.9 Å². The third-order valence-electron chi connectivity index (χ3n) is 2.46. The first-order valence-corrected chi connectivity index (χ1v) is 4.97. The van der Waals surface area contributed by atoms with Crippen LogP contribution in [-0.4, -0.2) is 12.1 Å². The van der Waals surface area contributed by atoms with Gasteiger partial charge in [0.2, 0.25) is 0 Å². The fraction of sp³-hybridized carbons (Fsp3) is 0.250. The Morgan fingerprint density at radius 1 is 1.33 bits per heavy atom. The highest BCUT2D eigenvalue weighted by Gasteiger charge is 2.03. The van der Waals surface area contributed by atoms with E-state index in [9.17, 15) is 0 Å². The van der Waals surface area contributed by atoms with Crippen LogP contribution in [0, 0.1) is 0 Å². The van der Waals surface area contributed by atoms with E-state index in [1.54, 1.807) is 7.11 Å². The third-order valence-corrected chi connectivity index (χ3v) is 2.46. The summed E-state index contributed by atoms with van der Waals surface area (Å²) in [4.78, 5) is 4.50. The lowest BCUT2D eigenvalue weighted by Gasteiger charge is -2.06. The van der Waals surface area contributed by atoms with Crippen LogP contribution in [0.15, 0.2) is 24.3 Å². The number of pyridine rings is 1. The van der Waals surface area contributed by atoms with Gasteiger partial charge in [0, 0.05) is 22.8 Å². The number of anilines is 1. The molecule has 0 atom stereocenters. The predicted molar refractivity (Wildman–Crippen MR) is 62.1 cm³/mol. The fourth-order valence-electron chi connectivity index (χ4n) is 1.60. The monoisotopic (exact) mass is 202 g/mol. The van der Waals surface area contributed by atoms with E-state index < -0.39 is 0 Å². The van der Waals surface area contributed by atoms with Gasteiger partial charge in [0.15, 0.2) is 0 Å². The maximum absolute atomic E-state index is 5.94. The quantitative estimate of drug-likeness (QED) is 0.813. The molecule has 1 aromatic carbocycles. The van der Waals surface area contributed by atoms with Gasteiger partial charge in [0.1, 0.15) is 5.75 Å². The lowest BCUT2D eigenvalue weighted by Crippen LogP contribution is -1.95. The molecule has 0 radical (unpaired) electrons. The van der Waals surface area contributed by atoms with E-state index in [1.165, 1.54) is 0 Å². The molecule has 0 saturated heterocycles. The van der Waals surface area contributed by atoms with E-state index in [0.29, 0.717) is 0 Å². The summed E-state index contributed by atoms with van der Waals surface area (Å²) in [5, 5.41) is 0.980. The molecule has 2 aromatic rings. The second-order valence-corrected chi connectivity index (χ2v) is 3.44. The molecule has 0 aliphatic carbocycles. The minimum Gasteiger partial charge on any atom is -0.497 e. The Balaban J connectivity index is 2.69. The zero-order valence-electron chi connectivity index (χ0n) is 8.95. The van der Waals surface area contributed by atoms with Crippen LogP contribution >= 0.6 is 0 Å². The number of methoxy groups -OCH3 is 1. The Bertz CT molecular complexity index is 489. The van der Waals surface area contributed by atoms with Crippen molar-refractivity contribution in [2.45, 2.75) is 13.3 Å². The summed E-state index contributed by atoms with van der Waals surface area (Å²) in [5.41, 5.74) is 8.62. The van der Waals surface area contributed by atoms with Gasteiger partial charge in [0.25, 0.3) is 0 Å². The zero-order valence-corrected chi connectivity index (χ0v) is 8.95. The van der Waals surface area contributed by atoms with Crippen molar-refractivity contribution in [1.29, 1.82) is 0 Å². The van der Waals surface area contributed by atoms with Gasteiger partial charge in [-0.15, -0.1) is 0 Å². The topological polar surface area (TPSA) is 48.1 Å². The molecule has 0 unspecified atom stereocenters. The molecule has 0 saturated carbocycles. The predicted octanol–water partition coefficient (Wildman–Crippen LogP) is 2.39. The van der Waals surface area contributed by atoms with Gasteiger partial charge < -0.3 is 10.5 Å². The van der Waals surface area contributed by atoms with E-state index in [0.717, 1.165) is 34.5 Å². The maximum Gasteiger partial charge on any atom is 0.121 e. The number of benzene rings is 1. The molecule has 0 spiro atoms. The molecule has 0 aliphatic heterocycles. The van der Waals surface area contributed by atoms with Crippen LogP contribution in [0.5, 0.6) is 5.75 Å².